The van der Waals surface area contributed by atoms with Crippen LogP contribution in [0.25, 0.3) is 0 Å². The highest BCUT2D eigenvalue weighted by Crippen LogP contribution is 2.20. The average Bonchev–Trinajstić information content (AvgIpc) is 2.36. The molecule has 0 N–H and O–H groups in total. The first-order valence-electron chi connectivity index (χ1n) is 5.88. The molecule has 3 nitrogen and oxygen atoms in total. The van der Waals surface area contributed by atoms with Gasteiger partial charge in [0.05, 0.1) is 17.2 Å². The maximum absolute atomic E-state index is 11.7. The van der Waals surface area contributed by atoms with Crippen LogP contribution < -0.4 is 0 Å². The summed E-state index contributed by atoms with van der Waals surface area (Å²) in [4.78, 5) is 12.4. The van der Waals surface area contributed by atoms with Gasteiger partial charge in [0.15, 0.2) is 0 Å². The normalized spacial score (nSPS) is 10.4. The van der Waals surface area contributed by atoms with Crippen molar-refractivity contribution in [1.29, 1.82) is 0 Å². The maximum Gasteiger partial charge on any atom is 0.339 e. The van der Waals surface area contributed by atoms with Gasteiger partial charge in [0.25, 0.3) is 0 Å². The summed E-state index contributed by atoms with van der Waals surface area (Å²) in [5, 5.41) is 0.365. The number of ether oxygens (including phenoxy) is 2. The molecule has 0 saturated carbocycles. The molecule has 5 heteroatoms. The number of hydrogen-bond acceptors (Lipinski definition) is 4. The van der Waals surface area contributed by atoms with E-state index >= 15 is 0 Å². The van der Waals surface area contributed by atoms with Gasteiger partial charge in [-0.25, -0.2) is 4.79 Å². The molecular weight excluding hydrogens is 272 g/mol. The van der Waals surface area contributed by atoms with Crippen molar-refractivity contribution < 1.29 is 14.3 Å². The topological polar surface area (TPSA) is 35.5 Å². The fourth-order valence-electron chi connectivity index (χ4n) is 1.29. The van der Waals surface area contributed by atoms with E-state index in [1.54, 1.807) is 18.2 Å². The second kappa shape index (κ2) is 8.40. The van der Waals surface area contributed by atoms with Crippen LogP contribution in [0.15, 0.2) is 23.1 Å². The number of rotatable bonds is 7. The van der Waals surface area contributed by atoms with Crippen molar-refractivity contribution in [3.63, 3.8) is 0 Å². The van der Waals surface area contributed by atoms with Crippen molar-refractivity contribution in [1.82, 2.24) is 0 Å². The zero-order valence-electron chi connectivity index (χ0n) is 10.3. The Kier molecular flexibility index (Phi) is 7.16. The quantitative estimate of drug-likeness (QED) is 0.473. The van der Waals surface area contributed by atoms with Crippen LogP contribution in [0.2, 0.25) is 5.02 Å². The molecule has 100 valence electrons. The molecule has 1 rings (SSSR count). The Morgan fingerprint density at radius 2 is 2.11 bits per heavy atom. The zero-order valence-corrected chi connectivity index (χ0v) is 12.0. The average molecular weight is 289 g/mol. The summed E-state index contributed by atoms with van der Waals surface area (Å²) in [5.41, 5.74) is 0.331. The van der Waals surface area contributed by atoms with Crippen LogP contribution in [0.5, 0.6) is 0 Å². The van der Waals surface area contributed by atoms with Crippen molar-refractivity contribution in [2.45, 2.75) is 24.7 Å². The summed E-state index contributed by atoms with van der Waals surface area (Å²) in [6.45, 7) is 3.43. The van der Waals surface area contributed by atoms with Gasteiger partial charge in [0.2, 0.25) is 0 Å². The van der Waals surface area contributed by atoms with Crippen molar-refractivity contribution in [3.8, 4) is 0 Å². The molecule has 0 saturated heterocycles. The SMILES string of the molecule is CCCCOCCOC(=O)c1cc(S)ccc1Cl. The molecule has 0 aromatic heterocycles. The Balaban J connectivity index is 2.34. The van der Waals surface area contributed by atoms with Crippen LogP contribution in [-0.2, 0) is 9.47 Å². The Morgan fingerprint density at radius 1 is 1.33 bits per heavy atom. The summed E-state index contributed by atoms with van der Waals surface area (Å²) < 4.78 is 10.4. The highest BCUT2D eigenvalue weighted by Gasteiger charge is 2.11. The summed E-state index contributed by atoms with van der Waals surface area (Å²) in [7, 11) is 0. The van der Waals surface area contributed by atoms with Crippen molar-refractivity contribution in [2.24, 2.45) is 0 Å². The van der Waals surface area contributed by atoms with Crippen molar-refractivity contribution >= 4 is 30.2 Å². The number of hydrogen-bond donors (Lipinski definition) is 1. The lowest BCUT2D eigenvalue weighted by atomic mass is 10.2. The van der Waals surface area contributed by atoms with Crippen LogP contribution >= 0.6 is 24.2 Å². The number of esters is 1. The van der Waals surface area contributed by atoms with E-state index in [0.29, 0.717) is 28.7 Å². The Morgan fingerprint density at radius 3 is 2.83 bits per heavy atom. The summed E-state index contributed by atoms with van der Waals surface area (Å²) in [5.74, 6) is -0.449. The zero-order chi connectivity index (χ0) is 13.4. The van der Waals surface area contributed by atoms with Gasteiger partial charge in [-0.2, -0.15) is 0 Å². The molecule has 0 heterocycles. The van der Waals surface area contributed by atoms with Crippen LogP contribution in [0, 0.1) is 0 Å². The number of thiol groups is 1. The molecule has 1 aromatic carbocycles. The molecule has 0 aliphatic heterocycles. The third-order valence-corrected chi connectivity index (χ3v) is 2.88. The molecule has 0 fully saturated rings. The van der Waals surface area contributed by atoms with E-state index < -0.39 is 5.97 Å². The van der Waals surface area contributed by atoms with Gasteiger partial charge in [-0.05, 0) is 24.6 Å². The first-order valence-corrected chi connectivity index (χ1v) is 6.71. The van der Waals surface area contributed by atoms with Gasteiger partial charge >= 0.3 is 5.97 Å². The smallest absolute Gasteiger partial charge is 0.339 e. The Bertz CT molecular complexity index is 396. The van der Waals surface area contributed by atoms with E-state index in [9.17, 15) is 4.79 Å². The van der Waals surface area contributed by atoms with Gasteiger partial charge in [-0.3, -0.25) is 0 Å². The number of carbonyl (C=O) groups is 1. The molecule has 0 radical (unpaired) electrons. The summed E-state index contributed by atoms with van der Waals surface area (Å²) in [6.07, 6.45) is 2.10. The molecule has 0 spiro atoms. The molecule has 0 bridgehead atoms. The van der Waals surface area contributed by atoms with Crippen LogP contribution in [-0.4, -0.2) is 25.8 Å². The molecular formula is C13H17ClO3S. The summed E-state index contributed by atoms with van der Waals surface area (Å²) in [6, 6.07) is 4.93. The van der Waals surface area contributed by atoms with Gasteiger partial charge < -0.3 is 9.47 Å². The molecule has 0 atom stereocenters. The number of carbonyl (C=O) groups excluding carboxylic acids is 1. The van der Waals surface area contributed by atoms with Crippen LogP contribution in [0.3, 0.4) is 0 Å². The van der Waals surface area contributed by atoms with E-state index in [4.69, 9.17) is 21.1 Å². The molecule has 0 amide bonds. The van der Waals surface area contributed by atoms with Gasteiger partial charge in [0.1, 0.15) is 6.61 Å². The lowest BCUT2D eigenvalue weighted by molar-refractivity contribution is 0.0314. The molecule has 1 aromatic rings. The third-order valence-electron chi connectivity index (χ3n) is 2.27. The van der Waals surface area contributed by atoms with Crippen LogP contribution in [0.4, 0.5) is 0 Å². The van der Waals surface area contributed by atoms with E-state index in [1.165, 1.54) is 0 Å². The first kappa shape index (κ1) is 15.3. The Labute approximate surface area is 118 Å². The third kappa shape index (κ3) is 5.29. The van der Waals surface area contributed by atoms with Gasteiger partial charge in [-0.15, -0.1) is 12.6 Å². The highest BCUT2D eigenvalue weighted by atomic mass is 35.5. The molecule has 0 unspecified atom stereocenters. The maximum atomic E-state index is 11.7. The molecule has 0 aliphatic carbocycles. The minimum absolute atomic E-state index is 0.232. The van der Waals surface area contributed by atoms with Crippen LogP contribution in [0.1, 0.15) is 30.1 Å². The lowest BCUT2D eigenvalue weighted by Gasteiger charge is -2.07. The van der Waals surface area contributed by atoms with Gasteiger partial charge in [0, 0.05) is 11.5 Å². The number of benzene rings is 1. The largest absolute Gasteiger partial charge is 0.460 e. The molecule has 0 aliphatic rings. The lowest BCUT2D eigenvalue weighted by Crippen LogP contribution is -2.11. The molecule has 18 heavy (non-hydrogen) atoms. The second-order valence-corrected chi connectivity index (χ2v) is 4.69. The second-order valence-electron chi connectivity index (χ2n) is 3.77. The van der Waals surface area contributed by atoms with E-state index in [0.717, 1.165) is 12.8 Å². The predicted octanol–water partition coefficient (Wildman–Crippen LogP) is 3.60. The minimum Gasteiger partial charge on any atom is -0.460 e. The minimum atomic E-state index is -0.449. The number of unbranched alkanes of at least 4 members (excludes halogenated alkanes) is 1. The Hall–Kier alpha value is -0.710. The standard InChI is InChI=1S/C13H17ClO3S/c1-2-3-6-16-7-8-17-13(15)11-9-10(18)4-5-12(11)14/h4-5,9,18H,2-3,6-8H2,1H3. The monoisotopic (exact) mass is 288 g/mol. The highest BCUT2D eigenvalue weighted by molar-refractivity contribution is 7.80. The van der Waals surface area contributed by atoms with E-state index in [-0.39, 0.29) is 6.61 Å². The first-order chi connectivity index (χ1) is 8.65. The van der Waals surface area contributed by atoms with E-state index in [2.05, 4.69) is 19.6 Å². The fourth-order valence-corrected chi connectivity index (χ4v) is 1.69. The number of halogens is 1. The van der Waals surface area contributed by atoms with Crippen molar-refractivity contribution in [2.75, 3.05) is 19.8 Å². The fraction of sp³-hybridized carbons (Fsp3) is 0.462. The van der Waals surface area contributed by atoms with Crippen molar-refractivity contribution in [3.05, 3.63) is 28.8 Å². The predicted molar refractivity (Wildman–Crippen MR) is 74.7 cm³/mol. The van der Waals surface area contributed by atoms with E-state index in [1.807, 2.05) is 0 Å². The summed E-state index contributed by atoms with van der Waals surface area (Å²) >= 11 is 10.1. The van der Waals surface area contributed by atoms with Gasteiger partial charge in [-0.1, -0.05) is 24.9 Å².